The molecule has 9 nitrogen and oxygen atoms in total. The van der Waals surface area contributed by atoms with Crippen LogP contribution in [0, 0.1) is 12.7 Å². The molecule has 4 N–H and O–H groups in total. The van der Waals surface area contributed by atoms with Crippen LogP contribution in [0.4, 0.5) is 42.2 Å². The number of carbonyl (C=O) groups excluding carboxylic acids is 1. The highest BCUT2D eigenvalue weighted by Gasteiger charge is 2.40. The number of H-pyrrole nitrogens is 1. The third-order valence-corrected chi connectivity index (χ3v) is 5.42. The summed E-state index contributed by atoms with van der Waals surface area (Å²) in [7, 11) is 0. The van der Waals surface area contributed by atoms with Crippen molar-refractivity contribution >= 4 is 17.4 Å². The first-order valence-electron chi connectivity index (χ1n) is 10.7. The smallest absolute Gasteiger partial charge is 0.434 e. The molecule has 4 rings (SSSR count). The Labute approximate surface area is 209 Å². The average molecular weight is 549 g/mol. The minimum Gasteiger partial charge on any atom is -0.481 e. The number of halogens is 7. The highest BCUT2D eigenvalue weighted by Crippen LogP contribution is 2.40. The van der Waals surface area contributed by atoms with Gasteiger partial charge >= 0.3 is 12.4 Å². The van der Waals surface area contributed by atoms with Gasteiger partial charge in [-0.05, 0) is 38.1 Å². The lowest BCUT2D eigenvalue weighted by Crippen LogP contribution is -2.32. The Bertz CT molecular complexity index is 1370. The molecule has 0 spiro atoms. The Morgan fingerprint density at radius 1 is 1.18 bits per heavy atom. The van der Waals surface area contributed by atoms with E-state index in [4.69, 9.17) is 9.47 Å². The summed E-state index contributed by atoms with van der Waals surface area (Å²) in [5, 5.41) is 20.3. The predicted octanol–water partition coefficient (Wildman–Crippen LogP) is 4.70. The number of ether oxygens (including phenoxy) is 2. The molecule has 0 saturated carbocycles. The number of hydrogen-bond acceptors (Lipinski definition) is 7. The lowest BCUT2D eigenvalue weighted by molar-refractivity contribution is -0.189. The van der Waals surface area contributed by atoms with E-state index < -0.39 is 59.1 Å². The molecule has 1 aliphatic rings. The van der Waals surface area contributed by atoms with E-state index in [1.165, 1.54) is 19.1 Å². The Balaban J connectivity index is 1.77. The number of pyridine rings is 1. The molecular weight excluding hydrogens is 531 g/mol. The zero-order valence-corrected chi connectivity index (χ0v) is 19.4. The van der Waals surface area contributed by atoms with Crippen LogP contribution in [0.2, 0.25) is 0 Å². The number of nitrogens with one attached hydrogen (secondary N) is 3. The van der Waals surface area contributed by atoms with Crippen molar-refractivity contribution in [1.82, 2.24) is 15.2 Å². The second kappa shape index (κ2) is 9.66. The van der Waals surface area contributed by atoms with Gasteiger partial charge in [0, 0.05) is 11.1 Å². The van der Waals surface area contributed by atoms with E-state index in [0.717, 1.165) is 6.07 Å². The quantitative estimate of drug-likeness (QED) is 0.260. The van der Waals surface area contributed by atoms with Crippen LogP contribution >= 0.6 is 0 Å². The Hall–Kier alpha value is -4.08. The van der Waals surface area contributed by atoms with E-state index in [1.807, 2.05) is 0 Å². The number of rotatable bonds is 6. The molecule has 2 aromatic heterocycles. The van der Waals surface area contributed by atoms with Gasteiger partial charge in [-0.3, -0.25) is 9.89 Å². The molecule has 0 saturated heterocycles. The summed E-state index contributed by atoms with van der Waals surface area (Å²) in [6.07, 6.45) is -14.4. The first-order valence-corrected chi connectivity index (χ1v) is 10.7. The van der Waals surface area contributed by atoms with Gasteiger partial charge in [-0.1, -0.05) is 0 Å². The van der Waals surface area contributed by atoms with Crippen molar-refractivity contribution in [3.63, 3.8) is 0 Å². The number of fused-ring (bicyclic) bond motifs is 1. The fraction of sp³-hybridized carbons (Fsp3) is 0.318. The van der Waals surface area contributed by atoms with Gasteiger partial charge in [0.1, 0.15) is 11.6 Å². The third-order valence-electron chi connectivity index (χ3n) is 5.42. The SMILES string of the molecule is Cc1n[nH]c(C(F)(F)F)c1NC(O)c1cc(F)c(-c2ccc3c(n2)NC(=O)CO3)cc1O[C@@H](C)C(F)(F)F. The first-order chi connectivity index (χ1) is 17.6. The van der Waals surface area contributed by atoms with Crippen LogP contribution in [0.25, 0.3) is 11.3 Å². The summed E-state index contributed by atoms with van der Waals surface area (Å²) in [4.78, 5) is 15.6. The molecule has 0 aliphatic carbocycles. The maximum Gasteiger partial charge on any atom is 0.434 e. The summed E-state index contributed by atoms with van der Waals surface area (Å²) in [6, 6.07) is 4.03. The fourth-order valence-corrected chi connectivity index (χ4v) is 3.48. The van der Waals surface area contributed by atoms with Crippen molar-refractivity contribution in [3.8, 4) is 22.8 Å². The zero-order chi connectivity index (χ0) is 28.0. The van der Waals surface area contributed by atoms with Crippen LogP contribution in [0.5, 0.6) is 11.5 Å². The maximum atomic E-state index is 15.2. The van der Waals surface area contributed by atoms with Crippen LogP contribution in [-0.2, 0) is 11.0 Å². The zero-order valence-electron chi connectivity index (χ0n) is 19.4. The molecule has 204 valence electrons. The minimum absolute atomic E-state index is 0.0647. The number of nitrogens with zero attached hydrogens (tertiary/aromatic N) is 2. The number of amides is 1. The van der Waals surface area contributed by atoms with Gasteiger partial charge in [0.15, 0.2) is 36.2 Å². The Kier molecular flexibility index (Phi) is 6.86. The summed E-state index contributed by atoms with van der Waals surface area (Å²) in [5.41, 5.74) is -3.44. The normalized spacial score (nSPS) is 15.3. The van der Waals surface area contributed by atoms with Crippen molar-refractivity contribution in [2.45, 2.75) is 38.5 Å². The number of alkyl halides is 6. The molecule has 0 bridgehead atoms. The topological polar surface area (TPSA) is 121 Å². The Morgan fingerprint density at radius 2 is 1.89 bits per heavy atom. The monoisotopic (exact) mass is 549 g/mol. The molecule has 1 amide bonds. The number of hydrogen-bond donors (Lipinski definition) is 4. The highest BCUT2D eigenvalue weighted by atomic mass is 19.4. The molecule has 1 aromatic carbocycles. The molecule has 1 aliphatic heterocycles. The lowest BCUT2D eigenvalue weighted by Gasteiger charge is -2.24. The van der Waals surface area contributed by atoms with Crippen LogP contribution in [0.1, 0.15) is 30.1 Å². The van der Waals surface area contributed by atoms with Crippen molar-refractivity contribution in [1.29, 1.82) is 0 Å². The van der Waals surface area contributed by atoms with E-state index in [0.29, 0.717) is 13.0 Å². The van der Waals surface area contributed by atoms with Crippen LogP contribution in [-0.4, -0.2) is 45.1 Å². The van der Waals surface area contributed by atoms with Gasteiger partial charge < -0.3 is 25.2 Å². The number of aliphatic hydroxyl groups excluding tert-OH is 1. The van der Waals surface area contributed by atoms with Crippen molar-refractivity contribution in [3.05, 3.63) is 47.0 Å². The van der Waals surface area contributed by atoms with Gasteiger partial charge in [-0.2, -0.15) is 31.4 Å². The van der Waals surface area contributed by atoms with Crippen molar-refractivity contribution in [2.24, 2.45) is 0 Å². The molecule has 2 atom stereocenters. The van der Waals surface area contributed by atoms with Crippen molar-refractivity contribution in [2.75, 3.05) is 17.2 Å². The van der Waals surface area contributed by atoms with E-state index in [1.54, 1.807) is 5.10 Å². The summed E-state index contributed by atoms with van der Waals surface area (Å²) in [5.74, 6) is -2.24. The number of anilines is 2. The van der Waals surface area contributed by atoms with Crippen LogP contribution < -0.4 is 20.1 Å². The number of benzene rings is 1. The molecule has 0 fully saturated rings. The van der Waals surface area contributed by atoms with Crippen LogP contribution in [0.3, 0.4) is 0 Å². The van der Waals surface area contributed by atoms with Crippen LogP contribution in [0.15, 0.2) is 24.3 Å². The summed E-state index contributed by atoms with van der Waals surface area (Å²) >= 11 is 0. The highest BCUT2D eigenvalue weighted by molar-refractivity contribution is 5.94. The third kappa shape index (κ3) is 5.44. The number of aromatic amines is 1. The van der Waals surface area contributed by atoms with Crippen molar-refractivity contribution < 1.29 is 50.1 Å². The minimum atomic E-state index is -4.92. The number of carbonyl (C=O) groups is 1. The fourth-order valence-electron chi connectivity index (χ4n) is 3.48. The molecule has 1 unspecified atom stereocenters. The number of aliphatic hydroxyl groups is 1. The van der Waals surface area contributed by atoms with E-state index in [-0.39, 0.29) is 35.1 Å². The molecule has 0 radical (unpaired) electrons. The summed E-state index contributed by atoms with van der Waals surface area (Å²) in [6.45, 7) is 1.55. The standard InChI is InChI=1S/C22H18F7N5O4/c1-8-17(18(34-33-8)22(27,28)29)32-20(36)11-5-12(23)10(6-15(11)38-9(2)21(24,25)26)13-3-4-14-19(30-13)31-16(35)7-37-14/h3-6,9,20,32,36H,7H2,1-2H3,(H,33,34)(H,30,31,35)/t9-,20?/m0/s1. The van der Waals surface area contributed by atoms with Gasteiger partial charge in [0.2, 0.25) is 0 Å². The van der Waals surface area contributed by atoms with Gasteiger partial charge in [-0.15, -0.1) is 0 Å². The molecule has 16 heteroatoms. The lowest BCUT2D eigenvalue weighted by atomic mass is 10.0. The number of aryl methyl sites for hydroxylation is 1. The molecule has 3 heterocycles. The maximum absolute atomic E-state index is 15.2. The summed E-state index contributed by atoms with van der Waals surface area (Å²) < 4.78 is 105. The average Bonchev–Trinajstić information content (AvgIpc) is 3.19. The van der Waals surface area contributed by atoms with Gasteiger partial charge in [0.25, 0.3) is 5.91 Å². The van der Waals surface area contributed by atoms with Gasteiger partial charge in [0.05, 0.1) is 17.1 Å². The second-order valence-corrected chi connectivity index (χ2v) is 8.16. The number of aromatic nitrogens is 3. The van der Waals surface area contributed by atoms with E-state index >= 15 is 4.39 Å². The predicted molar refractivity (Wildman–Crippen MR) is 117 cm³/mol. The molecule has 38 heavy (non-hydrogen) atoms. The second-order valence-electron chi connectivity index (χ2n) is 8.16. The van der Waals surface area contributed by atoms with Gasteiger partial charge in [-0.25, -0.2) is 9.37 Å². The first kappa shape index (κ1) is 27.0. The Morgan fingerprint density at radius 3 is 2.55 bits per heavy atom. The molecule has 3 aromatic rings. The molecular formula is C22H18F7N5O4. The largest absolute Gasteiger partial charge is 0.481 e. The van der Waals surface area contributed by atoms with E-state index in [9.17, 15) is 36.2 Å². The van der Waals surface area contributed by atoms with E-state index in [2.05, 4.69) is 20.7 Å².